The van der Waals surface area contributed by atoms with E-state index in [0.717, 1.165) is 16.8 Å². The first-order chi connectivity index (χ1) is 16.4. The third-order valence-electron chi connectivity index (χ3n) is 7.22. The van der Waals surface area contributed by atoms with Crippen molar-refractivity contribution in [3.63, 3.8) is 0 Å². The van der Waals surface area contributed by atoms with Crippen LogP contribution >= 0.6 is 0 Å². The molecule has 0 N–H and O–H groups in total. The number of nitrogens with zero attached hydrogens (tertiary/aromatic N) is 1. The Bertz CT molecular complexity index is 948. The average Bonchev–Trinajstić information content (AvgIpc) is 2.80. The fourth-order valence-electron chi connectivity index (χ4n) is 3.84. The predicted octanol–water partition coefficient (Wildman–Crippen LogP) is 6.99. The van der Waals surface area contributed by atoms with Gasteiger partial charge in [-0.25, -0.2) is 13.6 Å². The van der Waals surface area contributed by atoms with Crippen LogP contribution in [0.5, 0.6) is 0 Å². The first-order valence-electron chi connectivity index (χ1n) is 12.5. The average molecular weight is 504 g/mol. The number of piperidine rings is 1. The zero-order valence-electron chi connectivity index (χ0n) is 21.7. The van der Waals surface area contributed by atoms with Gasteiger partial charge < -0.3 is 14.1 Å². The van der Waals surface area contributed by atoms with E-state index >= 15 is 0 Å². The van der Waals surface area contributed by atoms with Crippen LogP contribution in [-0.2, 0) is 27.0 Å². The molecule has 0 aliphatic carbocycles. The van der Waals surface area contributed by atoms with Gasteiger partial charge in [0.05, 0.1) is 0 Å². The van der Waals surface area contributed by atoms with Crippen molar-refractivity contribution in [3.8, 4) is 0 Å². The molecule has 0 bridgehead atoms. The second-order valence-corrected chi connectivity index (χ2v) is 15.8. The lowest BCUT2D eigenvalue weighted by Crippen LogP contribution is -2.46. The summed E-state index contributed by atoms with van der Waals surface area (Å²) in [6, 6.07) is 17.6. The molecule has 2 aromatic carbocycles. The molecular formula is C28H39F2NO3Si. The van der Waals surface area contributed by atoms with E-state index in [1.54, 1.807) is 0 Å². The minimum Gasteiger partial charge on any atom is -0.459 e. The summed E-state index contributed by atoms with van der Waals surface area (Å²) >= 11 is 0. The topological polar surface area (TPSA) is 38.8 Å². The Morgan fingerprint density at radius 3 is 2.17 bits per heavy atom. The number of esters is 1. The molecule has 1 aliphatic rings. The van der Waals surface area contributed by atoms with Crippen molar-refractivity contribution >= 4 is 20.0 Å². The van der Waals surface area contributed by atoms with Crippen LogP contribution in [0.2, 0.25) is 18.1 Å². The summed E-state index contributed by atoms with van der Waals surface area (Å²) in [6.45, 7) is 11.7. The smallest absolute Gasteiger partial charge is 0.334 e. The summed E-state index contributed by atoms with van der Waals surface area (Å²) in [7, 11) is -2.19. The standard InChI is InChI=1S/C28H39F2NO3Si/c1-27(2,3)35(4,5)34-25(26(32)33-21-23-9-7-6-8-10-23)16-13-22-11-14-24(15-12-22)31-19-17-28(29,30)18-20-31/h6-12,14-15,25H,13,16-21H2,1-5H3/t25-/m1/s1. The third kappa shape index (κ3) is 7.87. The molecule has 0 saturated carbocycles. The highest BCUT2D eigenvalue weighted by Gasteiger charge is 2.41. The molecule has 7 heteroatoms. The van der Waals surface area contributed by atoms with Crippen LogP contribution in [0, 0.1) is 0 Å². The molecule has 35 heavy (non-hydrogen) atoms. The molecule has 1 heterocycles. The Labute approximate surface area is 209 Å². The number of hydrogen-bond donors (Lipinski definition) is 0. The SMILES string of the molecule is CC(C)(C)[Si](C)(C)O[C@H](CCc1ccc(N2CCC(F)(F)CC2)cc1)C(=O)OCc1ccccc1. The van der Waals surface area contributed by atoms with Crippen molar-refractivity contribution < 1.29 is 22.7 Å². The second-order valence-electron chi connectivity index (χ2n) is 11.0. The van der Waals surface area contributed by atoms with Crippen LogP contribution in [0.4, 0.5) is 14.5 Å². The van der Waals surface area contributed by atoms with Gasteiger partial charge >= 0.3 is 5.97 Å². The summed E-state index contributed by atoms with van der Waals surface area (Å²) in [4.78, 5) is 15.1. The van der Waals surface area contributed by atoms with E-state index in [4.69, 9.17) is 9.16 Å². The quantitative estimate of drug-likeness (QED) is 0.273. The molecular weight excluding hydrogens is 464 g/mol. The van der Waals surface area contributed by atoms with Crippen molar-refractivity contribution in [1.29, 1.82) is 0 Å². The molecule has 0 aromatic heterocycles. The van der Waals surface area contributed by atoms with Crippen LogP contribution in [0.25, 0.3) is 0 Å². The predicted molar refractivity (Wildman–Crippen MR) is 139 cm³/mol. The zero-order valence-corrected chi connectivity index (χ0v) is 22.7. The molecule has 4 nitrogen and oxygen atoms in total. The van der Waals surface area contributed by atoms with Crippen LogP contribution in [0.1, 0.15) is 51.2 Å². The molecule has 0 spiro atoms. The zero-order chi connectivity index (χ0) is 25.7. The van der Waals surface area contributed by atoms with Crippen LogP contribution in [-0.4, -0.2) is 39.4 Å². The lowest BCUT2D eigenvalue weighted by Gasteiger charge is -2.38. The molecule has 1 saturated heterocycles. The van der Waals surface area contributed by atoms with Gasteiger partial charge in [0.2, 0.25) is 0 Å². The van der Waals surface area contributed by atoms with Crippen molar-refractivity contribution in [2.45, 2.75) is 83.2 Å². The summed E-state index contributed by atoms with van der Waals surface area (Å²) in [5.74, 6) is -2.88. The maximum absolute atomic E-state index is 13.5. The highest BCUT2D eigenvalue weighted by molar-refractivity contribution is 6.74. The second kappa shape index (κ2) is 11.2. The number of halogens is 2. The van der Waals surface area contributed by atoms with Crippen LogP contribution in [0.15, 0.2) is 54.6 Å². The molecule has 1 fully saturated rings. The van der Waals surface area contributed by atoms with Gasteiger partial charge in [-0.3, -0.25) is 0 Å². The van der Waals surface area contributed by atoms with Gasteiger partial charge in [-0.1, -0.05) is 63.2 Å². The van der Waals surface area contributed by atoms with Gasteiger partial charge in [-0.2, -0.15) is 0 Å². The van der Waals surface area contributed by atoms with Crippen LogP contribution in [0.3, 0.4) is 0 Å². The van der Waals surface area contributed by atoms with Crippen molar-refractivity contribution in [3.05, 3.63) is 65.7 Å². The first kappa shape index (κ1) is 27.3. The van der Waals surface area contributed by atoms with Gasteiger partial charge in [0.25, 0.3) is 5.92 Å². The van der Waals surface area contributed by atoms with E-state index in [0.29, 0.717) is 25.9 Å². The van der Waals surface area contributed by atoms with E-state index in [1.165, 1.54) is 0 Å². The Hall–Kier alpha value is -2.25. The molecule has 0 unspecified atom stereocenters. The lowest BCUT2D eigenvalue weighted by molar-refractivity contribution is -0.154. The Kier molecular flexibility index (Phi) is 8.75. The minimum absolute atomic E-state index is 0.0299. The fraction of sp³-hybridized carbons (Fsp3) is 0.536. The summed E-state index contributed by atoms with van der Waals surface area (Å²) in [5.41, 5.74) is 2.98. The molecule has 1 aliphatic heterocycles. The number of anilines is 1. The Balaban J connectivity index is 1.63. The summed E-state index contributed by atoms with van der Waals surface area (Å²) < 4.78 is 39.1. The maximum atomic E-state index is 13.5. The molecule has 192 valence electrons. The molecule has 1 atom stereocenters. The lowest BCUT2D eigenvalue weighted by atomic mass is 10.0. The normalized spacial score (nSPS) is 17.2. The summed E-state index contributed by atoms with van der Waals surface area (Å²) in [5, 5.41) is -0.0299. The summed E-state index contributed by atoms with van der Waals surface area (Å²) in [6.07, 6.45) is 0.343. The molecule has 2 aromatic rings. The highest BCUT2D eigenvalue weighted by atomic mass is 28.4. The Morgan fingerprint density at radius 2 is 1.60 bits per heavy atom. The number of carbonyl (C=O) groups is 1. The van der Waals surface area contributed by atoms with Gasteiger partial charge in [0, 0.05) is 31.6 Å². The number of aryl methyl sites for hydroxylation is 1. The number of benzene rings is 2. The highest BCUT2D eigenvalue weighted by Crippen LogP contribution is 2.38. The number of alkyl halides is 2. The number of ether oxygens (including phenoxy) is 1. The van der Waals surface area contributed by atoms with Gasteiger partial charge in [0.1, 0.15) is 12.7 Å². The number of carbonyl (C=O) groups excluding carboxylic acids is 1. The van der Waals surface area contributed by atoms with E-state index in [-0.39, 0.29) is 30.5 Å². The molecule has 3 rings (SSSR count). The van der Waals surface area contributed by atoms with Gasteiger partial charge in [-0.15, -0.1) is 0 Å². The maximum Gasteiger partial charge on any atom is 0.334 e. The third-order valence-corrected chi connectivity index (χ3v) is 11.7. The molecule has 0 amide bonds. The van der Waals surface area contributed by atoms with E-state index < -0.39 is 20.3 Å². The minimum atomic E-state index is -2.55. The van der Waals surface area contributed by atoms with E-state index in [2.05, 4.69) is 33.9 Å². The monoisotopic (exact) mass is 503 g/mol. The van der Waals surface area contributed by atoms with Gasteiger partial charge in [0.15, 0.2) is 8.32 Å². The number of rotatable bonds is 9. The van der Waals surface area contributed by atoms with Crippen molar-refractivity contribution in [2.75, 3.05) is 18.0 Å². The van der Waals surface area contributed by atoms with E-state index in [9.17, 15) is 13.6 Å². The Morgan fingerprint density at radius 1 is 1.00 bits per heavy atom. The van der Waals surface area contributed by atoms with Crippen molar-refractivity contribution in [1.82, 2.24) is 0 Å². The fourth-order valence-corrected chi connectivity index (χ4v) is 5.12. The van der Waals surface area contributed by atoms with Gasteiger partial charge in [-0.05, 0) is 54.2 Å². The largest absolute Gasteiger partial charge is 0.459 e. The van der Waals surface area contributed by atoms with E-state index in [1.807, 2.05) is 59.5 Å². The molecule has 0 radical (unpaired) electrons. The van der Waals surface area contributed by atoms with Crippen molar-refractivity contribution in [2.24, 2.45) is 0 Å². The number of hydrogen-bond acceptors (Lipinski definition) is 4. The van der Waals surface area contributed by atoms with Crippen LogP contribution < -0.4 is 4.90 Å². The first-order valence-corrected chi connectivity index (χ1v) is 15.4.